The minimum Gasteiger partial charge on any atom is -0.460 e. The van der Waals surface area contributed by atoms with E-state index in [0.717, 1.165) is 6.07 Å². The molecule has 0 spiro atoms. The molecule has 8 heteroatoms. The number of hydrogen-bond acceptors (Lipinski definition) is 6. The molecule has 6 nitrogen and oxygen atoms in total. The van der Waals surface area contributed by atoms with Crippen molar-refractivity contribution < 1.29 is 30.6 Å². The summed E-state index contributed by atoms with van der Waals surface area (Å²) >= 11 is 0. The summed E-state index contributed by atoms with van der Waals surface area (Å²) in [5, 5.41) is 0. The highest BCUT2D eigenvalue weighted by atomic mass is 32.2. The van der Waals surface area contributed by atoms with E-state index in [-0.39, 0.29) is 16.7 Å². The van der Waals surface area contributed by atoms with Crippen molar-refractivity contribution in [3.8, 4) is 0 Å². The number of hydrogen-bond donors (Lipinski definition) is 1. The Morgan fingerprint density at radius 2 is 2.00 bits per heavy atom. The lowest BCUT2D eigenvalue weighted by Crippen LogP contribution is -2.16. The topological polar surface area (TPSA) is 95.7 Å². The summed E-state index contributed by atoms with van der Waals surface area (Å²) in [6.45, 7) is 1.48. The van der Waals surface area contributed by atoms with Gasteiger partial charge in [0, 0.05) is 5.56 Å². The molecule has 2 N–H and O–H groups in total. The molecule has 0 aliphatic carbocycles. The second-order valence-electron chi connectivity index (χ2n) is 5.42. The minimum atomic E-state index is -5.07. The molecule has 0 amide bonds. The first-order valence-corrected chi connectivity index (χ1v) is 8.81. The number of halogens is 1. The minimum absolute atomic E-state index is 0.226. The largest absolute Gasteiger partial charge is 0.460 e. The Kier molecular flexibility index (Phi) is 3.74. The first-order chi connectivity index (χ1) is 13.4. The van der Waals surface area contributed by atoms with Crippen LogP contribution in [0.5, 0.6) is 0 Å². The van der Waals surface area contributed by atoms with Crippen molar-refractivity contribution in [1.82, 2.24) is 0 Å². The van der Waals surface area contributed by atoms with Gasteiger partial charge >= 0.3 is 10.1 Å². The molecule has 2 aromatic rings. The Hall–Kier alpha value is -2.87. The van der Waals surface area contributed by atoms with Crippen LogP contribution < -0.4 is 5.73 Å². The number of aryl methyl sites for hydroxylation is 1. The van der Waals surface area contributed by atoms with Gasteiger partial charge in [-0.2, -0.15) is 8.42 Å². The molecule has 0 fully saturated rings. The van der Waals surface area contributed by atoms with E-state index < -0.39 is 45.1 Å². The quantitative estimate of drug-likeness (QED) is 0.801. The molecule has 0 saturated carbocycles. The summed E-state index contributed by atoms with van der Waals surface area (Å²) < 4.78 is 72.7. The third-order valence-electron chi connectivity index (χ3n) is 3.49. The van der Waals surface area contributed by atoms with Crippen LogP contribution in [0.2, 0.25) is 0 Å². The summed E-state index contributed by atoms with van der Waals surface area (Å²) in [5.74, 6) is -3.86. The Bertz CT molecular complexity index is 1120. The fraction of sp³-hybridized carbons (Fsp3) is 0.167. The Morgan fingerprint density at radius 1 is 1.31 bits per heavy atom. The van der Waals surface area contributed by atoms with Gasteiger partial charge in [-0.1, -0.05) is 42.5 Å². The number of carbonyl (C=O) groups is 1. The molecule has 1 aliphatic rings. The van der Waals surface area contributed by atoms with Gasteiger partial charge in [0.25, 0.3) is 0 Å². The first-order valence-electron chi connectivity index (χ1n) is 8.90. The van der Waals surface area contributed by atoms with Crippen molar-refractivity contribution in [2.45, 2.75) is 18.7 Å². The number of ether oxygens (including phenoxy) is 1. The van der Waals surface area contributed by atoms with Gasteiger partial charge in [-0.05, 0) is 24.1 Å². The third kappa shape index (κ3) is 3.70. The first kappa shape index (κ1) is 14.3. The zero-order valence-corrected chi connectivity index (χ0v) is 14.3. The van der Waals surface area contributed by atoms with E-state index in [2.05, 4.69) is 4.18 Å². The Balaban J connectivity index is 1.95. The smallest absolute Gasteiger partial charge is 0.313 e. The van der Waals surface area contributed by atoms with E-state index in [1.165, 1.54) is 43.3 Å². The van der Waals surface area contributed by atoms with E-state index in [0.29, 0.717) is 0 Å². The zero-order valence-electron chi connectivity index (χ0n) is 16.5. The van der Waals surface area contributed by atoms with Crippen LogP contribution >= 0.6 is 0 Å². The molecule has 0 bridgehead atoms. The zero-order chi connectivity index (χ0) is 21.6. The lowest BCUT2D eigenvalue weighted by atomic mass is 10.0. The predicted octanol–water partition coefficient (Wildman–Crippen LogP) is 2.45. The maximum atomic E-state index is 13.9. The predicted molar refractivity (Wildman–Crippen MR) is 91.3 cm³/mol. The molecule has 3 rings (SSSR count). The molecular formula is C18H16FNO5S. The number of benzene rings is 2. The van der Waals surface area contributed by atoms with Crippen LogP contribution in [0.25, 0.3) is 0 Å². The number of rotatable bonds is 5. The van der Waals surface area contributed by atoms with Crippen LogP contribution in [0.3, 0.4) is 0 Å². The number of ketones is 1. The third-order valence-corrected chi connectivity index (χ3v) is 4.36. The summed E-state index contributed by atoms with van der Waals surface area (Å²) in [5.41, 5.74) is 2.33. The second kappa shape index (κ2) is 6.80. The SMILES string of the molecule is [2H]C([2H])(c1ccccc1)S(=O)(=O)OC1=C(N)O[C@]([2H])(c2ccc(C)c(F)c2)C1=O. The maximum Gasteiger partial charge on any atom is 0.313 e. The fourth-order valence-corrected chi connectivity index (χ4v) is 3.05. The Morgan fingerprint density at radius 3 is 2.65 bits per heavy atom. The van der Waals surface area contributed by atoms with Crippen LogP contribution in [0.1, 0.15) is 26.9 Å². The summed E-state index contributed by atoms with van der Waals surface area (Å²) in [4.78, 5) is 12.7. The van der Waals surface area contributed by atoms with Gasteiger partial charge in [-0.15, -0.1) is 0 Å². The van der Waals surface area contributed by atoms with Gasteiger partial charge < -0.3 is 14.7 Å². The summed E-state index contributed by atoms with van der Waals surface area (Å²) in [6.07, 6.45) is -2.57. The van der Waals surface area contributed by atoms with Gasteiger partial charge in [0.15, 0.2) is 6.08 Å². The monoisotopic (exact) mass is 380 g/mol. The molecule has 1 aliphatic heterocycles. The molecule has 1 atom stereocenters. The standard InChI is InChI=1S/C18H16FNO5S/c1-11-7-8-13(9-14(11)19)16-15(21)17(18(20)24-16)25-26(22,23)10-12-5-3-2-4-6-12/h2-9,16H,10,20H2,1H3/t16-/m1/s1/i10D2,16D. The average molecular weight is 380 g/mol. The van der Waals surface area contributed by atoms with E-state index >= 15 is 0 Å². The van der Waals surface area contributed by atoms with E-state index in [1.54, 1.807) is 6.07 Å². The molecule has 2 aromatic carbocycles. The van der Waals surface area contributed by atoms with Crippen LogP contribution in [0.4, 0.5) is 4.39 Å². The summed E-state index contributed by atoms with van der Waals surface area (Å²) in [6, 6.07) is 10.4. The van der Waals surface area contributed by atoms with Gasteiger partial charge in [-0.25, -0.2) is 4.39 Å². The highest BCUT2D eigenvalue weighted by molar-refractivity contribution is 7.86. The van der Waals surface area contributed by atoms with Gasteiger partial charge in [0.2, 0.25) is 17.4 Å². The average Bonchev–Trinajstić information content (AvgIpc) is 2.88. The number of nitrogens with two attached hydrogens (primary N) is 1. The lowest BCUT2D eigenvalue weighted by Gasteiger charge is -2.10. The Labute approximate surface area is 154 Å². The maximum absolute atomic E-state index is 13.9. The highest BCUT2D eigenvalue weighted by Gasteiger charge is 2.39. The van der Waals surface area contributed by atoms with Gasteiger partial charge in [0.05, 0.1) is 4.11 Å². The van der Waals surface area contributed by atoms with Crippen molar-refractivity contribution >= 4 is 15.9 Å². The lowest BCUT2D eigenvalue weighted by molar-refractivity contribution is -0.123. The number of carbonyl (C=O) groups excluding carboxylic acids is 1. The van der Waals surface area contributed by atoms with Gasteiger partial charge in [0.1, 0.15) is 11.5 Å². The van der Waals surface area contributed by atoms with Crippen molar-refractivity contribution in [1.29, 1.82) is 0 Å². The van der Waals surface area contributed by atoms with Crippen LogP contribution in [-0.4, -0.2) is 14.2 Å². The highest BCUT2D eigenvalue weighted by Crippen LogP contribution is 2.33. The van der Waals surface area contributed by atoms with E-state index in [9.17, 15) is 17.6 Å². The molecular weight excluding hydrogens is 361 g/mol. The molecule has 136 valence electrons. The number of Topliss-reactive ketones (excluding diaryl/α,β-unsaturated/α-hetero) is 1. The molecule has 26 heavy (non-hydrogen) atoms. The summed E-state index contributed by atoms with van der Waals surface area (Å²) in [7, 11) is -5.07. The van der Waals surface area contributed by atoms with Crippen molar-refractivity contribution in [3.05, 3.63) is 82.7 Å². The molecule has 0 aromatic heterocycles. The van der Waals surface area contributed by atoms with Crippen molar-refractivity contribution in [3.63, 3.8) is 0 Å². The molecule has 1 heterocycles. The van der Waals surface area contributed by atoms with Crippen molar-refractivity contribution in [2.75, 3.05) is 0 Å². The normalized spacial score (nSPS) is 22.4. The van der Waals surface area contributed by atoms with Crippen LogP contribution in [0, 0.1) is 12.7 Å². The fourth-order valence-electron chi connectivity index (χ4n) is 2.20. The van der Waals surface area contributed by atoms with E-state index in [4.69, 9.17) is 14.6 Å². The molecule has 0 saturated heterocycles. The van der Waals surface area contributed by atoms with E-state index in [1.807, 2.05) is 0 Å². The van der Waals surface area contributed by atoms with Crippen molar-refractivity contribution in [2.24, 2.45) is 5.73 Å². The van der Waals surface area contributed by atoms with Gasteiger partial charge in [-0.3, -0.25) is 4.79 Å². The van der Waals surface area contributed by atoms with Crippen LogP contribution in [-0.2, 0) is 29.5 Å². The van der Waals surface area contributed by atoms with Crippen LogP contribution in [0.15, 0.2) is 60.2 Å². The molecule has 0 radical (unpaired) electrons. The second-order valence-corrected chi connectivity index (χ2v) is 6.70. The molecule has 0 unspecified atom stereocenters.